The van der Waals surface area contributed by atoms with Gasteiger partial charge in [-0.25, -0.2) is 0 Å². The van der Waals surface area contributed by atoms with Gasteiger partial charge in [0.05, 0.1) is 4.47 Å². The summed E-state index contributed by atoms with van der Waals surface area (Å²) in [7, 11) is -3.99. The van der Waals surface area contributed by atoms with Crippen LogP contribution in [-0.2, 0) is 21.5 Å². The Bertz CT molecular complexity index is 1250. The Kier molecular flexibility index (Phi) is 7.23. The van der Waals surface area contributed by atoms with E-state index in [1.54, 1.807) is 30.3 Å². The molecule has 0 aliphatic heterocycles. The van der Waals surface area contributed by atoms with E-state index in [-0.39, 0.29) is 16.2 Å². The monoisotopic (exact) mass is 496 g/mol. The van der Waals surface area contributed by atoms with E-state index in [0.717, 1.165) is 5.56 Å². The SMILES string of the molecule is N#C/C(=C\c1ccc(OS(=O)(=O)c2ccccc2)c(Br)c1)C(=O)NCc1ccccc1. The second kappa shape index (κ2) is 10.1. The van der Waals surface area contributed by atoms with Crippen LogP contribution in [0.25, 0.3) is 6.08 Å². The Labute approximate surface area is 189 Å². The molecule has 8 heteroatoms. The van der Waals surface area contributed by atoms with Crippen LogP contribution in [0.2, 0.25) is 0 Å². The van der Waals surface area contributed by atoms with Gasteiger partial charge in [0.2, 0.25) is 0 Å². The fraction of sp³-hybridized carbons (Fsp3) is 0.0435. The van der Waals surface area contributed by atoms with E-state index in [0.29, 0.717) is 16.6 Å². The summed E-state index contributed by atoms with van der Waals surface area (Å²) in [6.07, 6.45) is 1.42. The normalized spacial score (nSPS) is 11.4. The van der Waals surface area contributed by atoms with Crippen molar-refractivity contribution in [1.82, 2.24) is 5.32 Å². The van der Waals surface area contributed by atoms with Crippen molar-refractivity contribution in [3.63, 3.8) is 0 Å². The summed E-state index contributed by atoms with van der Waals surface area (Å²) in [5.74, 6) is -0.414. The average molecular weight is 497 g/mol. The standard InChI is InChI=1S/C23H17BrN2O4S/c24-21-14-18(11-12-22(21)30-31(28,29)20-9-5-2-6-10-20)13-19(15-25)23(27)26-16-17-7-3-1-4-8-17/h1-14H,16H2,(H,26,27)/b19-13+. The van der Waals surface area contributed by atoms with Crippen LogP contribution in [0.15, 0.2) is 93.8 Å². The van der Waals surface area contributed by atoms with Crippen molar-refractivity contribution in [3.8, 4) is 11.8 Å². The molecule has 3 aromatic carbocycles. The van der Waals surface area contributed by atoms with Gasteiger partial charge < -0.3 is 9.50 Å². The molecule has 0 atom stereocenters. The lowest BCUT2D eigenvalue weighted by atomic mass is 10.1. The van der Waals surface area contributed by atoms with Gasteiger partial charge in [-0.2, -0.15) is 13.7 Å². The van der Waals surface area contributed by atoms with Gasteiger partial charge in [0, 0.05) is 6.54 Å². The number of carbonyl (C=O) groups excluding carboxylic acids is 1. The molecule has 3 aromatic rings. The first-order chi connectivity index (χ1) is 14.9. The van der Waals surface area contributed by atoms with E-state index in [1.807, 2.05) is 36.4 Å². The molecule has 1 amide bonds. The van der Waals surface area contributed by atoms with Gasteiger partial charge in [0.25, 0.3) is 5.91 Å². The summed E-state index contributed by atoms with van der Waals surface area (Å²) in [4.78, 5) is 12.4. The average Bonchev–Trinajstić information content (AvgIpc) is 2.79. The zero-order valence-electron chi connectivity index (χ0n) is 16.2. The smallest absolute Gasteiger partial charge is 0.339 e. The number of nitriles is 1. The molecule has 0 aliphatic carbocycles. The van der Waals surface area contributed by atoms with E-state index < -0.39 is 16.0 Å². The van der Waals surface area contributed by atoms with Gasteiger partial charge in [-0.3, -0.25) is 4.79 Å². The van der Waals surface area contributed by atoms with Crippen molar-refractivity contribution in [2.24, 2.45) is 0 Å². The molecule has 0 saturated heterocycles. The molecule has 0 aromatic heterocycles. The molecule has 156 valence electrons. The minimum absolute atomic E-state index is 0.0349. The summed E-state index contributed by atoms with van der Waals surface area (Å²) >= 11 is 3.28. The molecule has 0 spiro atoms. The fourth-order valence-electron chi connectivity index (χ4n) is 2.62. The van der Waals surface area contributed by atoms with Gasteiger partial charge >= 0.3 is 10.1 Å². The Morgan fingerprint density at radius 3 is 2.29 bits per heavy atom. The maximum atomic E-state index is 12.4. The van der Waals surface area contributed by atoms with Crippen LogP contribution in [0.3, 0.4) is 0 Å². The first-order valence-electron chi connectivity index (χ1n) is 9.12. The number of carbonyl (C=O) groups is 1. The summed E-state index contributed by atoms with van der Waals surface area (Å²) in [5.41, 5.74) is 1.37. The summed E-state index contributed by atoms with van der Waals surface area (Å²) in [5, 5.41) is 12.1. The molecular formula is C23H17BrN2O4S. The molecule has 0 bridgehead atoms. The van der Waals surface area contributed by atoms with Gasteiger partial charge in [0.15, 0.2) is 5.75 Å². The predicted molar refractivity (Wildman–Crippen MR) is 120 cm³/mol. The highest BCUT2D eigenvalue weighted by Crippen LogP contribution is 2.29. The van der Waals surface area contributed by atoms with Crippen LogP contribution in [0, 0.1) is 11.3 Å². The maximum Gasteiger partial charge on any atom is 0.339 e. The van der Waals surface area contributed by atoms with Crippen molar-refractivity contribution in [2.75, 3.05) is 0 Å². The lowest BCUT2D eigenvalue weighted by molar-refractivity contribution is -0.117. The minimum atomic E-state index is -3.99. The molecule has 0 aliphatic rings. The van der Waals surface area contributed by atoms with Crippen LogP contribution < -0.4 is 9.50 Å². The molecule has 31 heavy (non-hydrogen) atoms. The van der Waals surface area contributed by atoms with Gasteiger partial charge in [0.1, 0.15) is 16.5 Å². The molecule has 0 unspecified atom stereocenters. The fourth-order valence-corrected chi connectivity index (χ4v) is 4.17. The number of rotatable bonds is 7. The molecule has 3 rings (SSSR count). The third-order valence-corrected chi connectivity index (χ3v) is 6.03. The maximum absolute atomic E-state index is 12.4. The molecule has 6 nitrogen and oxygen atoms in total. The van der Waals surface area contributed by atoms with Gasteiger partial charge in [-0.1, -0.05) is 54.6 Å². The van der Waals surface area contributed by atoms with Crippen molar-refractivity contribution in [1.29, 1.82) is 5.26 Å². The Morgan fingerprint density at radius 1 is 1.03 bits per heavy atom. The molecule has 0 heterocycles. The first kappa shape index (κ1) is 22.3. The number of hydrogen-bond donors (Lipinski definition) is 1. The number of hydrogen-bond acceptors (Lipinski definition) is 5. The van der Waals surface area contributed by atoms with Crippen molar-refractivity contribution < 1.29 is 17.4 Å². The van der Waals surface area contributed by atoms with Crippen molar-refractivity contribution in [2.45, 2.75) is 11.4 Å². The second-order valence-corrected chi connectivity index (χ2v) is 8.78. The minimum Gasteiger partial charge on any atom is -0.378 e. The Balaban J connectivity index is 1.74. The van der Waals surface area contributed by atoms with Crippen LogP contribution in [0.1, 0.15) is 11.1 Å². The van der Waals surface area contributed by atoms with Gasteiger partial charge in [-0.15, -0.1) is 0 Å². The van der Waals surface area contributed by atoms with Crippen molar-refractivity contribution in [3.05, 3.63) is 100 Å². The lowest BCUT2D eigenvalue weighted by Crippen LogP contribution is -2.23. The van der Waals surface area contributed by atoms with E-state index in [9.17, 15) is 18.5 Å². The Hall–Kier alpha value is -3.41. The molecule has 0 fully saturated rings. The molecular weight excluding hydrogens is 480 g/mol. The highest BCUT2D eigenvalue weighted by atomic mass is 79.9. The summed E-state index contributed by atoms with van der Waals surface area (Å²) in [6, 6.07) is 23.6. The highest BCUT2D eigenvalue weighted by Gasteiger charge is 2.18. The molecule has 0 radical (unpaired) electrons. The number of amides is 1. The van der Waals surface area contributed by atoms with Gasteiger partial charge in [-0.05, 0) is 57.4 Å². The van der Waals surface area contributed by atoms with Crippen LogP contribution in [0.4, 0.5) is 0 Å². The third kappa shape index (κ3) is 6.04. The highest BCUT2D eigenvalue weighted by molar-refractivity contribution is 9.10. The number of halogens is 1. The first-order valence-corrected chi connectivity index (χ1v) is 11.3. The third-order valence-electron chi connectivity index (χ3n) is 4.16. The topological polar surface area (TPSA) is 96.3 Å². The van der Waals surface area contributed by atoms with Crippen LogP contribution in [0.5, 0.6) is 5.75 Å². The van der Waals surface area contributed by atoms with Crippen LogP contribution >= 0.6 is 15.9 Å². The molecule has 0 saturated carbocycles. The van der Waals surface area contributed by atoms with E-state index >= 15 is 0 Å². The number of nitrogens with zero attached hydrogens (tertiary/aromatic N) is 1. The van der Waals surface area contributed by atoms with E-state index in [4.69, 9.17) is 4.18 Å². The number of nitrogens with one attached hydrogen (secondary N) is 1. The zero-order chi connectivity index (χ0) is 22.3. The quantitative estimate of drug-likeness (QED) is 0.296. The summed E-state index contributed by atoms with van der Waals surface area (Å²) in [6.45, 7) is 0.298. The predicted octanol–water partition coefficient (Wildman–Crippen LogP) is 4.44. The van der Waals surface area contributed by atoms with E-state index in [2.05, 4.69) is 21.2 Å². The molecule has 1 N–H and O–H groups in total. The Morgan fingerprint density at radius 2 is 1.68 bits per heavy atom. The second-order valence-electron chi connectivity index (χ2n) is 6.38. The summed E-state index contributed by atoms with van der Waals surface area (Å²) < 4.78 is 30.3. The zero-order valence-corrected chi connectivity index (χ0v) is 18.6. The number of benzene rings is 3. The lowest BCUT2D eigenvalue weighted by Gasteiger charge is -2.09. The largest absolute Gasteiger partial charge is 0.378 e. The van der Waals surface area contributed by atoms with Crippen molar-refractivity contribution >= 4 is 38.0 Å². The van der Waals surface area contributed by atoms with E-state index in [1.165, 1.54) is 24.3 Å². The van der Waals surface area contributed by atoms with Crippen LogP contribution in [-0.4, -0.2) is 14.3 Å².